The van der Waals surface area contributed by atoms with Gasteiger partial charge in [0, 0.05) is 19.2 Å². The van der Waals surface area contributed by atoms with E-state index in [2.05, 4.69) is 14.9 Å². The van der Waals surface area contributed by atoms with Crippen molar-refractivity contribution >= 4 is 29.2 Å². The summed E-state index contributed by atoms with van der Waals surface area (Å²) in [6.07, 6.45) is 3.72. The summed E-state index contributed by atoms with van der Waals surface area (Å²) in [4.78, 5) is 10.9. The summed E-state index contributed by atoms with van der Waals surface area (Å²) in [6.45, 7) is 3.42. The minimum absolute atomic E-state index is 0.00719. The van der Waals surface area contributed by atoms with Crippen molar-refractivity contribution in [3.05, 3.63) is 10.7 Å². The highest BCUT2D eigenvalue weighted by molar-refractivity contribution is 7.98. The molecule has 1 aliphatic heterocycles. The lowest BCUT2D eigenvalue weighted by molar-refractivity contribution is -0.0596. The first-order valence-corrected chi connectivity index (χ1v) is 8.14. The Kier molecular flexibility index (Phi) is 5.12. The zero-order valence-corrected chi connectivity index (χ0v) is 13.6. The van der Waals surface area contributed by atoms with E-state index in [1.165, 1.54) is 11.8 Å². The number of halogens is 1. The molecule has 0 aliphatic carbocycles. The number of nitrogens with zero attached hydrogens (tertiary/aromatic N) is 3. The van der Waals surface area contributed by atoms with Crippen LogP contribution in [0, 0.1) is 6.92 Å². The van der Waals surface area contributed by atoms with E-state index in [1.807, 2.05) is 13.2 Å². The first-order chi connectivity index (χ1) is 9.55. The summed E-state index contributed by atoms with van der Waals surface area (Å²) < 4.78 is 5.53. The zero-order chi connectivity index (χ0) is 14.8. The van der Waals surface area contributed by atoms with Crippen LogP contribution >= 0.6 is 23.4 Å². The standard InChI is InChI=1S/C13H20ClN3O2S/c1-9-10(14)15-12(20-3)16-11(9)17-6-4-5-13(7-17,8-18)19-2/h18H,4-8H2,1-3H3. The van der Waals surface area contributed by atoms with E-state index < -0.39 is 5.60 Å². The van der Waals surface area contributed by atoms with Gasteiger partial charge >= 0.3 is 0 Å². The average molecular weight is 318 g/mol. The van der Waals surface area contributed by atoms with Crippen molar-refractivity contribution in [3.63, 3.8) is 0 Å². The SMILES string of the molecule is COC1(CO)CCCN(c2nc(SC)nc(Cl)c2C)C1. The summed E-state index contributed by atoms with van der Waals surface area (Å²) in [5.74, 6) is 0.837. The highest BCUT2D eigenvalue weighted by atomic mass is 35.5. The molecule has 0 radical (unpaired) electrons. The Balaban J connectivity index is 2.33. The maximum absolute atomic E-state index is 9.62. The van der Waals surface area contributed by atoms with E-state index in [-0.39, 0.29) is 6.61 Å². The molecule has 1 aliphatic rings. The van der Waals surface area contributed by atoms with Gasteiger partial charge in [0.05, 0.1) is 13.2 Å². The number of methoxy groups -OCH3 is 1. The number of thioether (sulfide) groups is 1. The van der Waals surface area contributed by atoms with Gasteiger partial charge in [-0.15, -0.1) is 0 Å². The van der Waals surface area contributed by atoms with Crippen LogP contribution in [0.15, 0.2) is 5.16 Å². The molecule has 0 saturated carbocycles. The lowest BCUT2D eigenvalue weighted by atomic mass is 9.93. The van der Waals surface area contributed by atoms with Crippen molar-refractivity contribution in [2.24, 2.45) is 0 Å². The summed E-state index contributed by atoms with van der Waals surface area (Å²) in [7, 11) is 1.65. The molecule has 0 aromatic carbocycles. The number of ether oxygens (including phenoxy) is 1. The van der Waals surface area contributed by atoms with Gasteiger partial charge in [-0.25, -0.2) is 9.97 Å². The first-order valence-electron chi connectivity index (χ1n) is 6.54. The second-order valence-corrected chi connectivity index (χ2v) is 6.15. The van der Waals surface area contributed by atoms with Gasteiger partial charge in [-0.1, -0.05) is 23.4 Å². The van der Waals surface area contributed by atoms with Crippen LogP contribution in [0.5, 0.6) is 0 Å². The fourth-order valence-electron chi connectivity index (χ4n) is 2.50. The lowest BCUT2D eigenvalue weighted by Gasteiger charge is -2.41. The minimum Gasteiger partial charge on any atom is -0.393 e. The second-order valence-electron chi connectivity index (χ2n) is 5.02. The molecular formula is C13H20ClN3O2S. The Morgan fingerprint density at radius 2 is 2.25 bits per heavy atom. The Morgan fingerprint density at radius 1 is 1.50 bits per heavy atom. The molecule has 1 N–H and O–H groups in total. The molecule has 0 spiro atoms. The highest BCUT2D eigenvalue weighted by Crippen LogP contribution is 2.31. The van der Waals surface area contributed by atoms with Crippen molar-refractivity contribution in [2.75, 3.05) is 38.0 Å². The van der Waals surface area contributed by atoms with Gasteiger partial charge in [-0.05, 0) is 26.0 Å². The molecule has 2 rings (SSSR count). The second kappa shape index (κ2) is 6.47. The summed E-state index contributed by atoms with van der Waals surface area (Å²) in [5.41, 5.74) is 0.357. The number of hydrogen-bond acceptors (Lipinski definition) is 6. The molecule has 1 aromatic rings. The smallest absolute Gasteiger partial charge is 0.190 e. The van der Waals surface area contributed by atoms with Gasteiger partial charge in [-0.3, -0.25) is 0 Å². The first kappa shape index (κ1) is 15.8. The van der Waals surface area contributed by atoms with Crippen molar-refractivity contribution < 1.29 is 9.84 Å². The molecule has 2 heterocycles. The third-order valence-electron chi connectivity index (χ3n) is 3.78. The molecular weight excluding hydrogens is 298 g/mol. The van der Waals surface area contributed by atoms with E-state index in [1.54, 1.807) is 7.11 Å². The van der Waals surface area contributed by atoms with Crippen LogP contribution in [0.1, 0.15) is 18.4 Å². The maximum atomic E-state index is 9.62. The number of aromatic nitrogens is 2. The number of piperidine rings is 1. The van der Waals surface area contributed by atoms with E-state index in [4.69, 9.17) is 16.3 Å². The summed E-state index contributed by atoms with van der Waals surface area (Å²) in [6, 6.07) is 0. The van der Waals surface area contributed by atoms with Gasteiger partial charge in [0.25, 0.3) is 0 Å². The van der Waals surface area contributed by atoms with Gasteiger partial charge in [0.1, 0.15) is 16.6 Å². The van der Waals surface area contributed by atoms with Crippen LogP contribution in [0.4, 0.5) is 5.82 Å². The van der Waals surface area contributed by atoms with E-state index in [9.17, 15) is 5.11 Å². The van der Waals surface area contributed by atoms with Crippen molar-refractivity contribution in [2.45, 2.75) is 30.5 Å². The molecule has 0 amide bonds. The molecule has 1 atom stereocenters. The predicted octanol–water partition coefficient (Wildman–Crippen LogP) is 2.14. The molecule has 1 unspecified atom stereocenters. The topological polar surface area (TPSA) is 58.5 Å². The van der Waals surface area contributed by atoms with Crippen LogP contribution < -0.4 is 4.90 Å². The third kappa shape index (κ3) is 3.03. The van der Waals surface area contributed by atoms with E-state index >= 15 is 0 Å². The number of hydrogen-bond donors (Lipinski definition) is 1. The van der Waals surface area contributed by atoms with Crippen molar-refractivity contribution in [1.29, 1.82) is 0 Å². The fraction of sp³-hybridized carbons (Fsp3) is 0.692. The number of rotatable bonds is 4. The number of anilines is 1. The van der Waals surface area contributed by atoms with Crippen LogP contribution in [0.3, 0.4) is 0 Å². The van der Waals surface area contributed by atoms with Crippen LogP contribution in [0.25, 0.3) is 0 Å². The molecule has 1 aromatic heterocycles. The van der Waals surface area contributed by atoms with Crippen LogP contribution in [-0.4, -0.2) is 53.7 Å². The predicted molar refractivity (Wildman–Crippen MR) is 81.8 cm³/mol. The highest BCUT2D eigenvalue weighted by Gasteiger charge is 2.36. The van der Waals surface area contributed by atoms with Crippen molar-refractivity contribution in [1.82, 2.24) is 9.97 Å². The molecule has 1 saturated heterocycles. The average Bonchev–Trinajstić information content (AvgIpc) is 2.49. The normalized spacial score (nSPS) is 23.1. The van der Waals surface area contributed by atoms with Gasteiger partial charge in [0.2, 0.25) is 0 Å². The maximum Gasteiger partial charge on any atom is 0.190 e. The largest absolute Gasteiger partial charge is 0.393 e. The van der Waals surface area contributed by atoms with E-state index in [0.29, 0.717) is 16.9 Å². The molecule has 7 heteroatoms. The van der Waals surface area contributed by atoms with Crippen LogP contribution in [-0.2, 0) is 4.74 Å². The number of aliphatic hydroxyl groups excluding tert-OH is 1. The zero-order valence-electron chi connectivity index (χ0n) is 12.0. The van der Waals surface area contributed by atoms with Crippen LogP contribution in [0.2, 0.25) is 5.15 Å². The minimum atomic E-state index is -0.512. The number of aliphatic hydroxyl groups is 1. The molecule has 20 heavy (non-hydrogen) atoms. The molecule has 1 fully saturated rings. The Morgan fingerprint density at radius 3 is 2.85 bits per heavy atom. The summed E-state index contributed by atoms with van der Waals surface area (Å²) in [5, 5.41) is 10.8. The van der Waals surface area contributed by atoms with E-state index in [0.717, 1.165) is 30.8 Å². The Labute approximate surface area is 128 Å². The molecule has 5 nitrogen and oxygen atoms in total. The Hall–Kier alpha value is -0.560. The monoisotopic (exact) mass is 317 g/mol. The molecule has 112 valence electrons. The molecule has 0 bridgehead atoms. The third-order valence-corrected chi connectivity index (χ3v) is 4.70. The Bertz CT molecular complexity index is 483. The fourth-order valence-corrected chi connectivity index (χ4v) is 3.07. The van der Waals surface area contributed by atoms with Gasteiger partial charge in [-0.2, -0.15) is 0 Å². The lowest BCUT2D eigenvalue weighted by Crippen LogP contribution is -2.52. The quantitative estimate of drug-likeness (QED) is 0.521. The van der Waals surface area contributed by atoms with Crippen molar-refractivity contribution in [3.8, 4) is 0 Å². The summed E-state index contributed by atoms with van der Waals surface area (Å²) >= 11 is 7.65. The van der Waals surface area contributed by atoms with Gasteiger partial charge < -0.3 is 14.7 Å². The van der Waals surface area contributed by atoms with Gasteiger partial charge in [0.15, 0.2) is 5.16 Å².